The second-order valence-electron chi connectivity index (χ2n) is 4.30. The van der Waals surface area contributed by atoms with Crippen molar-refractivity contribution >= 4 is 5.97 Å². The van der Waals surface area contributed by atoms with Crippen LogP contribution in [0.3, 0.4) is 0 Å². The van der Waals surface area contributed by atoms with Gasteiger partial charge in [-0.1, -0.05) is 6.08 Å². The van der Waals surface area contributed by atoms with Crippen molar-refractivity contribution in [1.82, 2.24) is 4.90 Å². The minimum Gasteiger partial charge on any atom is -0.421 e. The minimum absolute atomic E-state index is 0.242. The molecule has 0 aromatic rings. The topological polar surface area (TPSA) is 29.5 Å². The van der Waals surface area contributed by atoms with Crippen molar-refractivity contribution in [2.75, 3.05) is 0 Å². The minimum atomic E-state index is -0.242. The summed E-state index contributed by atoms with van der Waals surface area (Å²) in [5.41, 5.74) is 3.38. The van der Waals surface area contributed by atoms with Gasteiger partial charge < -0.3 is 9.64 Å². The van der Waals surface area contributed by atoms with Gasteiger partial charge in [0, 0.05) is 30.0 Å². The molecule has 1 atom stereocenters. The number of carbonyl (C=O) groups is 1. The molecule has 0 spiro atoms. The zero-order chi connectivity index (χ0) is 10.7. The molecule has 4 aliphatic rings. The van der Waals surface area contributed by atoms with E-state index in [0.717, 1.165) is 23.5 Å². The van der Waals surface area contributed by atoms with Crippen LogP contribution < -0.4 is 0 Å². The van der Waals surface area contributed by atoms with Crippen molar-refractivity contribution in [3.8, 4) is 0 Å². The van der Waals surface area contributed by atoms with E-state index in [1.165, 1.54) is 5.57 Å². The molecule has 1 aliphatic carbocycles. The van der Waals surface area contributed by atoms with Crippen molar-refractivity contribution in [1.29, 1.82) is 0 Å². The number of esters is 1. The Kier molecular flexibility index (Phi) is 1.30. The number of ether oxygens (including phenoxy) is 1. The highest BCUT2D eigenvalue weighted by atomic mass is 16.5. The first kappa shape index (κ1) is 8.16. The lowest BCUT2D eigenvalue weighted by atomic mass is 10.1. The summed E-state index contributed by atoms with van der Waals surface area (Å²) < 4.78 is 5.30. The van der Waals surface area contributed by atoms with Gasteiger partial charge in [-0.05, 0) is 24.1 Å². The zero-order valence-corrected chi connectivity index (χ0v) is 8.51. The van der Waals surface area contributed by atoms with Gasteiger partial charge in [0.2, 0.25) is 0 Å². The van der Waals surface area contributed by atoms with E-state index in [9.17, 15) is 4.79 Å². The summed E-state index contributed by atoms with van der Waals surface area (Å²) in [5, 5.41) is 0. The maximum Gasteiger partial charge on any atom is 0.336 e. The van der Waals surface area contributed by atoms with Crippen LogP contribution in [0.4, 0.5) is 0 Å². The summed E-state index contributed by atoms with van der Waals surface area (Å²) in [6, 6.07) is 0. The Morgan fingerprint density at radius 1 is 1.38 bits per heavy atom. The molecule has 0 aromatic carbocycles. The Morgan fingerprint density at radius 2 is 2.31 bits per heavy atom. The third-order valence-corrected chi connectivity index (χ3v) is 3.27. The first-order chi connectivity index (χ1) is 7.83. The number of hydrogen-bond acceptors (Lipinski definition) is 3. The van der Waals surface area contributed by atoms with Crippen LogP contribution in [0.1, 0.15) is 6.42 Å². The van der Waals surface area contributed by atoms with Crippen LogP contribution >= 0.6 is 0 Å². The van der Waals surface area contributed by atoms with Crippen molar-refractivity contribution in [3.05, 3.63) is 59.3 Å². The smallest absolute Gasteiger partial charge is 0.336 e. The first-order valence-corrected chi connectivity index (χ1v) is 5.35. The molecule has 4 rings (SSSR count). The van der Waals surface area contributed by atoms with Gasteiger partial charge in [0.05, 0.1) is 5.70 Å². The van der Waals surface area contributed by atoms with E-state index in [0.29, 0.717) is 5.92 Å². The molecule has 0 saturated heterocycles. The molecule has 16 heavy (non-hydrogen) atoms. The lowest BCUT2D eigenvalue weighted by Crippen LogP contribution is -2.12. The molecule has 1 unspecified atom stereocenters. The van der Waals surface area contributed by atoms with Crippen molar-refractivity contribution < 1.29 is 9.53 Å². The second-order valence-corrected chi connectivity index (χ2v) is 4.30. The Bertz CT molecular complexity index is 560. The Morgan fingerprint density at radius 3 is 3.25 bits per heavy atom. The standard InChI is InChI=1S/C13H9NO2/c15-12-6-10-9-5-8(9)7-14-4-2-1-3-11(14)13(10)16-12/h1-4,6-7,9H,5H2. The van der Waals surface area contributed by atoms with Gasteiger partial charge in [0.15, 0.2) is 5.76 Å². The summed E-state index contributed by atoms with van der Waals surface area (Å²) in [7, 11) is 0. The number of hydrogen-bond donors (Lipinski definition) is 0. The van der Waals surface area contributed by atoms with Gasteiger partial charge in [0.25, 0.3) is 0 Å². The lowest BCUT2D eigenvalue weighted by Gasteiger charge is -2.20. The quantitative estimate of drug-likeness (QED) is 0.574. The van der Waals surface area contributed by atoms with Crippen LogP contribution in [0.15, 0.2) is 59.3 Å². The number of carbonyl (C=O) groups excluding carboxylic acids is 1. The molecule has 3 aliphatic heterocycles. The number of nitrogens with zero attached hydrogens (tertiary/aromatic N) is 1. The molecule has 0 aromatic heterocycles. The van der Waals surface area contributed by atoms with Crippen LogP contribution in [-0.4, -0.2) is 10.9 Å². The first-order valence-electron chi connectivity index (χ1n) is 5.35. The van der Waals surface area contributed by atoms with Crippen LogP contribution in [0.5, 0.6) is 0 Å². The third kappa shape index (κ3) is 0.949. The molecule has 3 heterocycles. The molecule has 0 radical (unpaired) electrons. The van der Waals surface area contributed by atoms with Gasteiger partial charge in [-0.15, -0.1) is 0 Å². The van der Waals surface area contributed by atoms with E-state index >= 15 is 0 Å². The van der Waals surface area contributed by atoms with Crippen LogP contribution in [-0.2, 0) is 9.53 Å². The monoisotopic (exact) mass is 211 g/mol. The highest BCUT2D eigenvalue weighted by molar-refractivity contribution is 5.89. The summed E-state index contributed by atoms with van der Waals surface area (Å²) in [4.78, 5) is 13.4. The van der Waals surface area contributed by atoms with Crippen LogP contribution in [0.2, 0.25) is 0 Å². The zero-order valence-electron chi connectivity index (χ0n) is 8.51. The van der Waals surface area contributed by atoms with Gasteiger partial charge in [-0.25, -0.2) is 4.79 Å². The summed E-state index contributed by atoms with van der Waals surface area (Å²) >= 11 is 0. The van der Waals surface area contributed by atoms with E-state index in [-0.39, 0.29) is 5.97 Å². The highest BCUT2D eigenvalue weighted by Crippen LogP contribution is 2.51. The average Bonchev–Trinajstić information content (AvgIpc) is 2.95. The number of rotatable bonds is 0. The van der Waals surface area contributed by atoms with Crippen LogP contribution in [0.25, 0.3) is 0 Å². The van der Waals surface area contributed by atoms with Gasteiger partial charge in [-0.2, -0.15) is 0 Å². The molecular weight excluding hydrogens is 202 g/mol. The van der Waals surface area contributed by atoms with E-state index in [1.807, 2.05) is 29.3 Å². The van der Waals surface area contributed by atoms with E-state index in [4.69, 9.17) is 4.74 Å². The van der Waals surface area contributed by atoms with Crippen molar-refractivity contribution in [3.63, 3.8) is 0 Å². The SMILES string of the molecule is O=C1C=C2C(=C3C=CC=CN3C=C3CC32)O1. The number of fused-ring (bicyclic) bond motifs is 4. The fraction of sp³-hybridized carbons (Fsp3) is 0.154. The third-order valence-electron chi connectivity index (χ3n) is 3.27. The summed E-state index contributed by atoms with van der Waals surface area (Å²) in [6.07, 6.45) is 12.7. The molecule has 3 heteroatoms. The molecule has 1 saturated carbocycles. The molecule has 78 valence electrons. The Hall–Kier alpha value is -2.03. The predicted molar refractivity (Wildman–Crippen MR) is 57.5 cm³/mol. The summed E-state index contributed by atoms with van der Waals surface area (Å²) in [5.74, 6) is 0.897. The van der Waals surface area contributed by atoms with Gasteiger partial charge in [-0.3, -0.25) is 0 Å². The van der Waals surface area contributed by atoms with E-state index < -0.39 is 0 Å². The van der Waals surface area contributed by atoms with E-state index in [1.54, 1.807) is 6.08 Å². The Labute approximate surface area is 92.7 Å². The second kappa shape index (κ2) is 2.55. The van der Waals surface area contributed by atoms with Crippen molar-refractivity contribution in [2.45, 2.75) is 6.42 Å². The molecule has 0 N–H and O–H groups in total. The average molecular weight is 211 g/mol. The number of allylic oxidation sites excluding steroid dienone is 5. The predicted octanol–water partition coefficient (Wildman–Crippen LogP) is 1.98. The molecule has 0 bridgehead atoms. The van der Waals surface area contributed by atoms with Gasteiger partial charge >= 0.3 is 5.97 Å². The molecule has 1 fully saturated rings. The Balaban J connectivity index is 1.96. The van der Waals surface area contributed by atoms with Crippen molar-refractivity contribution in [2.24, 2.45) is 5.92 Å². The van der Waals surface area contributed by atoms with Crippen LogP contribution in [0, 0.1) is 5.92 Å². The lowest BCUT2D eigenvalue weighted by molar-refractivity contribution is -0.132. The molecular formula is C13H9NO2. The van der Waals surface area contributed by atoms with E-state index in [2.05, 4.69) is 6.20 Å². The molecule has 0 amide bonds. The maximum atomic E-state index is 11.3. The van der Waals surface area contributed by atoms with Gasteiger partial charge in [0.1, 0.15) is 0 Å². The highest BCUT2D eigenvalue weighted by Gasteiger charge is 2.43. The fourth-order valence-corrected chi connectivity index (χ4v) is 2.41. The maximum absolute atomic E-state index is 11.3. The summed E-state index contributed by atoms with van der Waals surface area (Å²) in [6.45, 7) is 0. The fourth-order valence-electron chi connectivity index (χ4n) is 2.41. The molecule has 3 nitrogen and oxygen atoms in total. The largest absolute Gasteiger partial charge is 0.421 e. The normalized spacial score (nSPS) is 28.9.